The molecule has 26 heavy (non-hydrogen) atoms. The Balaban J connectivity index is 1.61. The predicted octanol–water partition coefficient (Wildman–Crippen LogP) is 1.92. The number of nitrogens with one attached hydrogen (secondary N) is 1. The van der Waals surface area contributed by atoms with Crippen LogP contribution >= 0.6 is 0 Å². The van der Waals surface area contributed by atoms with Gasteiger partial charge in [-0.3, -0.25) is 14.5 Å². The summed E-state index contributed by atoms with van der Waals surface area (Å²) in [5.41, 5.74) is 0.860. The van der Waals surface area contributed by atoms with Gasteiger partial charge in [0, 0.05) is 24.6 Å². The van der Waals surface area contributed by atoms with Gasteiger partial charge < -0.3 is 5.32 Å². The van der Waals surface area contributed by atoms with Gasteiger partial charge in [-0.25, -0.2) is 4.68 Å². The summed E-state index contributed by atoms with van der Waals surface area (Å²) in [5.74, 6) is 0.636. The maximum absolute atomic E-state index is 12.3. The Kier molecular flexibility index (Phi) is 5.80. The van der Waals surface area contributed by atoms with Gasteiger partial charge in [0.05, 0.1) is 11.7 Å². The zero-order valence-electron chi connectivity index (χ0n) is 16.3. The Morgan fingerprint density at radius 3 is 2.54 bits per heavy atom. The Hall–Kier alpha value is -1.69. The fourth-order valence-corrected chi connectivity index (χ4v) is 3.94. The molecule has 0 aliphatic carbocycles. The second-order valence-corrected chi connectivity index (χ2v) is 8.77. The second-order valence-electron chi connectivity index (χ2n) is 8.77. The molecular weight excluding hydrogens is 328 g/mol. The number of rotatable bonds is 3. The maximum Gasteiger partial charge on any atom is 0.266 e. The topological polar surface area (TPSA) is 67.2 Å². The van der Waals surface area contributed by atoms with Gasteiger partial charge >= 0.3 is 0 Å². The third-order valence-electron chi connectivity index (χ3n) is 5.66. The molecule has 3 rings (SSSR count). The molecule has 2 aliphatic rings. The first-order chi connectivity index (χ1) is 12.3. The third-order valence-corrected chi connectivity index (χ3v) is 5.66. The van der Waals surface area contributed by atoms with E-state index in [1.54, 1.807) is 10.7 Å². The van der Waals surface area contributed by atoms with E-state index in [1.807, 2.05) is 6.07 Å². The van der Waals surface area contributed by atoms with E-state index < -0.39 is 0 Å². The molecule has 1 aromatic rings. The smallest absolute Gasteiger partial charge is 0.266 e. The van der Waals surface area contributed by atoms with Crippen molar-refractivity contribution in [2.75, 3.05) is 19.6 Å². The molecule has 1 amide bonds. The number of likely N-dealkylation sites (tertiary alicyclic amines) is 1. The molecule has 0 spiro atoms. The van der Waals surface area contributed by atoms with Gasteiger partial charge in [0.25, 0.3) is 5.56 Å². The monoisotopic (exact) mass is 360 g/mol. The van der Waals surface area contributed by atoms with Gasteiger partial charge in [-0.2, -0.15) is 5.10 Å². The minimum atomic E-state index is -0.0638. The van der Waals surface area contributed by atoms with E-state index >= 15 is 0 Å². The number of hydrogen-bond donors (Lipinski definition) is 1. The van der Waals surface area contributed by atoms with Crippen LogP contribution in [0.15, 0.2) is 16.9 Å². The minimum Gasteiger partial charge on any atom is -0.355 e. The normalized spacial score (nSPS) is 23.5. The van der Waals surface area contributed by atoms with Crippen LogP contribution in [-0.2, 0) is 16.8 Å². The van der Waals surface area contributed by atoms with Crippen molar-refractivity contribution in [3.05, 3.63) is 28.2 Å². The lowest BCUT2D eigenvalue weighted by Gasteiger charge is -2.36. The number of piperidine rings is 1. The predicted molar refractivity (Wildman–Crippen MR) is 102 cm³/mol. The number of aromatic nitrogens is 2. The molecule has 144 valence electrons. The van der Waals surface area contributed by atoms with Crippen molar-refractivity contribution in [1.29, 1.82) is 0 Å². The lowest BCUT2D eigenvalue weighted by Crippen LogP contribution is -2.49. The third kappa shape index (κ3) is 4.53. The largest absolute Gasteiger partial charge is 0.355 e. The molecule has 6 heteroatoms. The SMILES string of the molecule is CC(C)(C)c1ccc(=O)n(CC2CCN(C3CCCCNC3=O)CC2)n1. The van der Waals surface area contributed by atoms with Crippen LogP contribution in [-0.4, -0.2) is 46.3 Å². The summed E-state index contributed by atoms with van der Waals surface area (Å²) in [7, 11) is 0. The second kappa shape index (κ2) is 7.91. The van der Waals surface area contributed by atoms with Crippen LogP contribution in [0.4, 0.5) is 0 Å². The number of amides is 1. The van der Waals surface area contributed by atoms with Gasteiger partial charge in [-0.05, 0) is 57.2 Å². The molecule has 1 N–H and O–H groups in total. The summed E-state index contributed by atoms with van der Waals surface area (Å²) in [6, 6.07) is 3.51. The first-order valence-corrected chi connectivity index (χ1v) is 9.95. The van der Waals surface area contributed by atoms with Crippen molar-refractivity contribution in [3.8, 4) is 0 Å². The maximum atomic E-state index is 12.3. The molecule has 0 bridgehead atoms. The van der Waals surface area contributed by atoms with Crippen molar-refractivity contribution in [2.45, 2.75) is 70.9 Å². The fourth-order valence-electron chi connectivity index (χ4n) is 3.94. The van der Waals surface area contributed by atoms with Gasteiger partial charge in [0.2, 0.25) is 5.91 Å². The molecular formula is C20H32N4O2. The van der Waals surface area contributed by atoms with Crippen LogP contribution in [0.1, 0.15) is 58.6 Å². The van der Waals surface area contributed by atoms with E-state index in [1.165, 1.54) is 0 Å². The average molecular weight is 361 g/mol. The van der Waals surface area contributed by atoms with E-state index in [-0.39, 0.29) is 22.9 Å². The molecule has 1 aromatic heterocycles. The van der Waals surface area contributed by atoms with Crippen molar-refractivity contribution in [2.24, 2.45) is 5.92 Å². The number of carbonyl (C=O) groups is 1. The molecule has 2 saturated heterocycles. The average Bonchev–Trinajstić information content (AvgIpc) is 2.81. The van der Waals surface area contributed by atoms with E-state index in [0.29, 0.717) is 12.5 Å². The Morgan fingerprint density at radius 1 is 1.12 bits per heavy atom. The molecule has 2 aliphatic heterocycles. The molecule has 6 nitrogen and oxygen atoms in total. The van der Waals surface area contributed by atoms with E-state index in [9.17, 15) is 9.59 Å². The molecule has 3 heterocycles. The Labute approximate surface area is 156 Å². The Bertz CT molecular complexity index is 684. The summed E-state index contributed by atoms with van der Waals surface area (Å²) in [6.45, 7) is 9.67. The minimum absolute atomic E-state index is 0.0245. The van der Waals surface area contributed by atoms with Gasteiger partial charge in [0.1, 0.15) is 0 Å². The molecule has 1 atom stereocenters. The lowest BCUT2D eigenvalue weighted by molar-refractivity contribution is -0.126. The first-order valence-electron chi connectivity index (χ1n) is 9.95. The fraction of sp³-hybridized carbons (Fsp3) is 0.750. The molecule has 1 unspecified atom stereocenters. The molecule has 0 aromatic carbocycles. The van der Waals surface area contributed by atoms with Crippen molar-refractivity contribution in [3.63, 3.8) is 0 Å². The van der Waals surface area contributed by atoms with Gasteiger partial charge in [0.15, 0.2) is 0 Å². The Morgan fingerprint density at radius 2 is 1.85 bits per heavy atom. The van der Waals surface area contributed by atoms with Crippen molar-refractivity contribution >= 4 is 5.91 Å². The molecule has 2 fully saturated rings. The number of carbonyl (C=O) groups excluding carboxylic acids is 1. The molecule has 0 radical (unpaired) electrons. The highest BCUT2D eigenvalue weighted by Crippen LogP contribution is 2.23. The summed E-state index contributed by atoms with van der Waals surface area (Å²) < 4.78 is 1.64. The van der Waals surface area contributed by atoms with E-state index in [2.05, 4.69) is 36.1 Å². The van der Waals surface area contributed by atoms with Crippen LogP contribution in [0.5, 0.6) is 0 Å². The van der Waals surface area contributed by atoms with Gasteiger partial charge in [-0.15, -0.1) is 0 Å². The van der Waals surface area contributed by atoms with Crippen LogP contribution in [0.2, 0.25) is 0 Å². The summed E-state index contributed by atoms with van der Waals surface area (Å²) >= 11 is 0. The number of nitrogens with zero attached hydrogens (tertiary/aromatic N) is 3. The lowest BCUT2D eigenvalue weighted by atomic mass is 9.92. The van der Waals surface area contributed by atoms with Gasteiger partial charge in [-0.1, -0.05) is 20.8 Å². The van der Waals surface area contributed by atoms with Crippen molar-refractivity contribution in [1.82, 2.24) is 20.0 Å². The van der Waals surface area contributed by atoms with Crippen LogP contribution < -0.4 is 10.9 Å². The van der Waals surface area contributed by atoms with E-state index in [4.69, 9.17) is 0 Å². The first kappa shape index (κ1) is 19.1. The van der Waals surface area contributed by atoms with E-state index in [0.717, 1.165) is 57.4 Å². The summed E-state index contributed by atoms with van der Waals surface area (Å²) in [5, 5.41) is 7.63. The molecule has 0 saturated carbocycles. The standard InChI is InChI=1S/C20H32N4O2/c1-20(2,3)17-7-8-18(25)24(22-17)14-15-9-12-23(13-10-15)16-6-4-5-11-21-19(16)26/h7-8,15-16H,4-6,9-14H2,1-3H3,(H,21,26). The van der Waals surface area contributed by atoms with Crippen molar-refractivity contribution < 1.29 is 4.79 Å². The summed E-state index contributed by atoms with van der Waals surface area (Å²) in [6.07, 6.45) is 5.18. The highest BCUT2D eigenvalue weighted by Gasteiger charge is 2.30. The zero-order chi connectivity index (χ0) is 18.7. The van der Waals surface area contributed by atoms with Crippen LogP contribution in [0.3, 0.4) is 0 Å². The highest BCUT2D eigenvalue weighted by atomic mass is 16.2. The van der Waals surface area contributed by atoms with Crippen LogP contribution in [0, 0.1) is 5.92 Å². The van der Waals surface area contributed by atoms with Crippen LogP contribution in [0.25, 0.3) is 0 Å². The summed E-state index contributed by atoms with van der Waals surface area (Å²) in [4.78, 5) is 26.8. The highest BCUT2D eigenvalue weighted by molar-refractivity contribution is 5.81. The number of hydrogen-bond acceptors (Lipinski definition) is 4. The quantitative estimate of drug-likeness (QED) is 0.894. The zero-order valence-corrected chi connectivity index (χ0v) is 16.3.